The van der Waals surface area contributed by atoms with E-state index >= 15 is 0 Å². The Bertz CT molecular complexity index is 351. The molecule has 0 amide bonds. The van der Waals surface area contributed by atoms with E-state index in [0.29, 0.717) is 0 Å². The first-order valence-corrected chi connectivity index (χ1v) is 9.78. The molecule has 0 saturated carbocycles. The molecule has 0 aromatic rings. The second-order valence-electron chi connectivity index (χ2n) is 5.46. The van der Waals surface area contributed by atoms with Crippen LogP contribution in [0.1, 0.15) is 25.7 Å². The van der Waals surface area contributed by atoms with Gasteiger partial charge in [-0.3, -0.25) is 0 Å². The van der Waals surface area contributed by atoms with Crippen LogP contribution in [0.3, 0.4) is 0 Å². The molecule has 2 fully saturated rings. The number of halogens is 3. The molecular weight excluding hydrogens is 317 g/mol. The van der Waals surface area contributed by atoms with Crippen LogP contribution in [0.25, 0.3) is 0 Å². The van der Waals surface area contributed by atoms with Crippen LogP contribution < -0.4 is 0 Å². The molecule has 2 rings (SSSR count). The molecule has 0 aromatic carbocycles. The fraction of sp³-hybridized carbons (Fsp3) is 0.857. The molecule has 7 heteroatoms. The third-order valence-electron chi connectivity index (χ3n) is 4.18. The predicted octanol–water partition coefficient (Wildman–Crippen LogP) is 4.00. The maximum Gasteiger partial charge on any atom is 0.416 e. The van der Waals surface area contributed by atoms with E-state index in [1.807, 2.05) is 0 Å². The largest absolute Gasteiger partial charge is 0.416 e. The summed E-state index contributed by atoms with van der Waals surface area (Å²) in [6, 6.07) is 0. The topological polar surface area (TPSA) is 6.48 Å². The number of hydrogen-bond donors (Lipinski definition) is 0. The SMILES string of the molecule is CSC(C=C(N1CCCC1)N1CCCC1)(SC)C(F)(F)F. The lowest BCUT2D eigenvalue weighted by atomic mass is 10.3. The van der Waals surface area contributed by atoms with Gasteiger partial charge in [-0.25, -0.2) is 0 Å². The van der Waals surface area contributed by atoms with Crippen LogP contribution in [0, 0.1) is 0 Å². The Morgan fingerprint density at radius 2 is 1.24 bits per heavy atom. The maximum atomic E-state index is 13.6. The highest BCUT2D eigenvalue weighted by atomic mass is 32.2. The molecule has 0 N–H and O–H groups in total. The summed E-state index contributed by atoms with van der Waals surface area (Å²) in [5.74, 6) is 0.797. The summed E-state index contributed by atoms with van der Waals surface area (Å²) in [4.78, 5) is 4.27. The fourth-order valence-corrected chi connectivity index (χ4v) is 4.54. The van der Waals surface area contributed by atoms with Gasteiger partial charge in [-0.1, -0.05) is 0 Å². The first-order chi connectivity index (χ1) is 9.93. The number of likely N-dealkylation sites (tertiary alicyclic amines) is 2. The Labute approximate surface area is 133 Å². The van der Waals surface area contributed by atoms with Gasteiger partial charge in [-0.15, -0.1) is 23.5 Å². The number of nitrogens with zero attached hydrogens (tertiary/aromatic N) is 2. The molecule has 2 aliphatic heterocycles. The van der Waals surface area contributed by atoms with Crippen LogP contribution >= 0.6 is 23.5 Å². The summed E-state index contributed by atoms with van der Waals surface area (Å²) < 4.78 is 38.9. The van der Waals surface area contributed by atoms with E-state index < -0.39 is 10.3 Å². The zero-order chi connectivity index (χ0) is 15.5. The maximum absolute atomic E-state index is 13.6. The Morgan fingerprint density at radius 1 is 0.857 bits per heavy atom. The average molecular weight is 340 g/mol. The molecule has 21 heavy (non-hydrogen) atoms. The molecule has 2 nitrogen and oxygen atoms in total. The second-order valence-corrected chi connectivity index (χ2v) is 7.83. The number of hydrogen-bond acceptors (Lipinski definition) is 4. The smallest absolute Gasteiger partial charge is 0.358 e. The zero-order valence-electron chi connectivity index (χ0n) is 12.6. The van der Waals surface area contributed by atoms with Crippen LogP contribution in [-0.2, 0) is 0 Å². The summed E-state index contributed by atoms with van der Waals surface area (Å²) >= 11 is 1.76. The minimum Gasteiger partial charge on any atom is -0.358 e. The van der Waals surface area contributed by atoms with Crippen molar-refractivity contribution < 1.29 is 13.2 Å². The molecule has 2 heterocycles. The molecule has 0 bridgehead atoms. The Morgan fingerprint density at radius 3 is 1.52 bits per heavy atom. The molecule has 122 valence electrons. The lowest BCUT2D eigenvalue weighted by Gasteiger charge is -2.36. The molecule has 0 atom stereocenters. The van der Waals surface area contributed by atoms with Crippen LogP contribution in [0.5, 0.6) is 0 Å². The molecule has 0 spiro atoms. The van der Waals surface area contributed by atoms with E-state index in [1.54, 1.807) is 12.5 Å². The quantitative estimate of drug-likeness (QED) is 0.698. The normalized spacial score (nSPS) is 20.2. The second kappa shape index (κ2) is 6.94. The van der Waals surface area contributed by atoms with Crippen molar-refractivity contribution >= 4 is 23.5 Å². The number of alkyl halides is 3. The number of thioether (sulfide) groups is 2. The Balaban J connectivity index is 2.36. The highest BCUT2D eigenvalue weighted by Crippen LogP contribution is 2.50. The summed E-state index contributed by atoms with van der Waals surface area (Å²) in [6.45, 7) is 3.50. The van der Waals surface area contributed by atoms with E-state index in [-0.39, 0.29) is 0 Å². The van der Waals surface area contributed by atoms with Crippen LogP contribution in [-0.4, -0.2) is 58.7 Å². The highest BCUT2D eigenvalue weighted by molar-refractivity contribution is 8.18. The van der Waals surface area contributed by atoms with Crippen molar-refractivity contribution in [3.63, 3.8) is 0 Å². The van der Waals surface area contributed by atoms with Crippen molar-refractivity contribution in [3.05, 3.63) is 11.9 Å². The molecule has 2 saturated heterocycles. The van der Waals surface area contributed by atoms with Gasteiger partial charge < -0.3 is 9.80 Å². The molecule has 0 unspecified atom stereocenters. The summed E-state index contributed by atoms with van der Waals surface area (Å²) in [6.07, 6.45) is 4.60. The minimum absolute atomic E-state index is 0.797. The zero-order valence-corrected chi connectivity index (χ0v) is 14.2. The lowest BCUT2D eigenvalue weighted by Crippen LogP contribution is -2.41. The lowest BCUT2D eigenvalue weighted by molar-refractivity contribution is -0.128. The van der Waals surface area contributed by atoms with Crippen molar-refractivity contribution in [1.82, 2.24) is 9.80 Å². The highest BCUT2D eigenvalue weighted by Gasteiger charge is 2.53. The van der Waals surface area contributed by atoms with E-state index in [4.69, 9.17) is 0 Å². The van der Waals surface area contributed by atoms with Crippen LogP contribution in [0.2, 0.25) is 0 Å². The molecule has 0 aliphatic carbocycles. The first-order valence-electron chi connectivity index (χ1n) is 7.33. The molecular formula is C14H23F3N2S2. The van der Waals surface area contributed by atoms with E-state index in [2.05, 4.69) is 9.80 Å². The Hall–Kier alpha value is -0.170. The summed E-state index contributed by atoms with van der Waals surface area (Å²) in [5, 5.41) is 0. The minimum atomic E-state index is -4.25. The summed E-state index contributed by atoms with van der Waals surface area (Å²) in [5.41, 5.74) is 0. The van der Waals surface area contributed by atoms with Gasteiger partial charge in [-0.05, 0) is 44.3 Å². The van der Waals surface area contributed by atoms with Gasteiger partial charge in [-0.2, -0.15) is 13.2 Å². The van der Waals surface area contributed by atoms with Crippen LogP contribution in [0.4, 0.5) is 13.2 Å². The predicted molar refractivity (Wildman–Crippen MR) is 85.5 cm³/mol. The third-order valence-corrected chi connectivity index (χ3v) is 7.09. The third kappa shape index (κ3) is 3.60. The van der Waals surface area contributed by atoms with Crippen molar-refractivity contribution in [2.75, 3.05) is 38.7 Å². The van der Waals surface area contributed by atoms with Gasteiger partial charge in [0.25, 0.3) is 0 Å². The fourth-order valence-electron chi connectivity index (χ4n) is 2.96. The molecule has 2 aliphatic rings. The summed E-state index contributed by atoms with van der Waals surface area (Å²) in [7, 11) is 0. The van der Waals surface area contributed by atoms with Crippen molar-refractivity contribution in [2.24, 2.45) is 0 Å². The van der Waals surface area contributed by atoms with Gasteiger partial charge in [0.05, 0.1) is 0 Å². The van der Waals surface area contributed by atoms with Gasteiger partial charge in [0.2, 0.25) is 0 Å². The van der Waals surface area contributed by atoms with E-state index in [0.717, 1.165) is 81.2 Å². The Kier molecular flexibility index (Phi) is 5.68. The van der Waals surface area contributed by atoms with Crippen molar-refractivity contribution in [1.29, 1.82) is 0 Å². The van der Waals surface area contributed by atoms with Gasteiger partial charge in [0.1, 0.15) is 5.82 Å². The van der Waals surface area contributed by atoms with Gasteiger partial charge in [0, 0.05) is 26.2 Å². The van der Waals surface area contributed by atoms with E-state index in [9.17, 15) is 13.2 Å². The molecule has 0 aromatic heterocycles. The standard InChI is InChI=1S/C14H23F3N2S2/c1-20-13(21-2,14(15,16)17)11-12(18-7-3-4-8-18)19-9-5-6-10-19/h11H,3-10H2,1-2H3. The van der Waals surface area contributed by atoms with Crippen molar-refractivity contribution in [2.45, 2.75) is 35.9 Å². The van der Waals surface area contributed by atoms with Crippen molar-refractivity contribution in [3.8, 4) is 0 Å². The van der Waals surface area contributed by atoms with Crippen LogP contribution in [0.15, 0.2) is 11.9 Å². The van der Waals surface area contributed by atoms with E-state index in [1.165, 1.54) is 6.08 Å². The van der Waals surface area contributed by atoms with Gasteiger partial charge >= 0.3 is 6.18 Å². The molecule has 0 radical (unpaired) electrons. The first kappa shape index (κ1) is 17.2. The van der Waals surface area contributed by atoms with Gasteiger partial charge in [0.15, 0.2) is 4.08 Å². The average Bonchev–Trinajstić information content (AvgIpc) is 3.12. The number of rotatable bonds is 5. The monoisotopic (exact) mass is 340 g/mol.